The molecule has 4 N–H and O–H groups in total. The highest BCUT2D eigenvalue weighted by molar-refractivity contribution is 5.92. The summed E-state index contributed by atoms with van der Waals surface area (Å²) in [5.74, 6) is 0.0656. The second-order valence-electron chi connectivity index (χ2n) is 10.9. The molecule has 3 heterocycles. The van der Waals surface area contributed by atoms with Crippen LogP contribution in [0.2, 0.25) is 0 Å². The number of halogens is 1. The van der Waals surface area contributed by atoms with E-state index in [4.69, 9.17) is 0 Å². The first-order valence-corrected chi connectivity index (χ1v) is 14.1. The molecule has 0 radical (unpaired) electrons. The van der Waals surface area contributed by atoms with E-state index in [2.05, 4.69) is 43.3 Å². The molecule has 2 unspecified atom stereocenters. The normalized spacial score (nSPS) is 19.8. The van der Waals surface area contributed by atoms with Gasteiger partial charge in [0, 0.05) is 28.8 Å². The van der Waals surface area contributed by atoms with Gasteiger partial charge in [-0.1, -0.05) is 55.7 Å². The number of aromatic amines is 1. The summed E-state index contributed by atoms with van der Waals surface area (Å²) in [7, 11) is 0. The fraction of sp³-hybridized carbons (Fsp3) is 0.281. The van der Waals surface area contributed by atoms with Crippen LogP contribution in [0.4, 0.5) is 21.5 Å². The molecule has 2 aromatic heterocycles. The van der Waals surface area contributed by atoms with E-state index < -0.39 is 0 Å². The van der Waals surface area contributed by atoms with Crippen molar-refractivity contribution in [2.24, 2.45) is 5.92 Å². The molecule has 0 spiro atoms. The van der Waals surface area contributed by atoms with Crippen molar-refractivity contribution in [3.05, 3.63) is 88.6 Å². The molecule has 7 nitrogen and oxygen atoms in total. The minimum absolute atomic E-state index is 0.0992. The third-order valence-electron chi connectivity index (χ3n) is 8.32. The lowest BCUT2D eigenvalue weighted by Crippen LogP contribution is -2.32. The summed E-state index contributed by atoms with van der Waals surface area (Å²) in [6, 6.07) is 14.7. The zero-order valence-corrected chi connectivity index (χ0v) is 22.1. The summed E-state index contributed by atoms with van der Waals surface area (Å²) < 4.78 is 13.5. The number of hydrogen-bond donors (Lipinski definition) is 4. The van der Waals surface area contributed by atoms with Gasteiger partial charge in [0.15, 0.2) is 0 Å². The Bertz CT molecular complexity index is 1690. The number of para-hydroxylation sites is 1. The molecule has 1 aliphatic heterocycles. The van der Waals surface area contributed by atoms with Crippen LogP contribution in [-0.4, -0.2) is 21.1 Å². The van der Waals surface area contributed by atoms with Gasteiger partial charge in [-0.3, -0.25) is 14.9 Å². The van der Waals surface area contributed by atoms with Gasteiger partial charge in [-0.15, -0.1) is 0 Å². The Morgan fingerprint density at radius 2 is 1.85 bits per heavy atom. The molecule has 1 fully saturated rings. The van der Waals surface area contributed by atoms with Gasteiger partial charge in [0.25, 0.3) is 0 Å². The van der Waals surface area contributed by atoms with Crippen LogP contribution in [-0.2, 0) is 4.79 Å². The maximum absolute atomic E-state index is 13.5. The largest absolute Gasteiger partial charge is 0.359 e. The van der Waals surface area contributed by atoms with Crippen molar-refractivity contribution >= 4 is 35.1 Å². The summed E-state index contributed by atoms with van der Waals surface area (Å²) >= 11 is 0. The number of nitrogens with zero attached hydrogens (tertiary/aromatic N) is 2. The number of hydrogen-bond acceptors (Lipinski definition) is 5. The molecule has 0 bridgehead atoms. The Hall–Kier alpha value is -4.46. The van der Waals surface area contributed by atoms with Crippen molar-refractivity contribution in [2.75, 3.05) is 16.0 Å². The van der Waals surface area contributed by atoms with Crippen LogP contribution in [0, 0.1) is 11.7 Å². The number of aromatic nitrogens is 3. The van der Waals surface area contributed by atoms with Crippen molar-refractivity contribution in [1.29, 1.82) is 0 Å². The summed E-state index contributed by atoms with van der Waals surface area (Å²) in [6.45, 7) is 0. The highest BCUT2D eigenvalue weighted by atomic mass is 19.1. The van der Waals surface area contributed by atoms with Crippen molar-refractivity contribution in [3.8, 4) is 11.1 Å². The van der Waals surface area contributed by atoms with Gasteiger partial charge in [-0.2, -0.15) is 5.10 Å². The minimum atomic E-state index is -0.253. The highest BCUT2D eigenvalue weighted by Gasteiger charge is 2.28. The fourth-order valence-electron chi connectivity index (χ4n) is 6.18. The number of pyridine rings is 1. The molecule has 4 aromatic rings. The number of nitrogens with one attached hydrogen (secondary N) is 4. The summed E-state index contributed by atoms with van der Waals surface area (Å²) in [6.07, 6.45) is 14.0. The zero-order chi connectivity index (χ0) is 27.1. The Labute approximate surface area is 231 Å². The third-order valence-corrected chi connectivity index (χ3v) is 8.32. The van der Waals surface area contributed by atoms with Gasteiger partial charge in [-0.25, -0.2) is 4.39 Å². The molecular formula is C32H31FN6O. The smallest absolute Gasteiger partial charge is 0.227 e. The SMILES string of the molecule is O=C(Nc1cncc(C2C=c3c(C4Nc5cccc(-c6ccc(F)cc6)c5N4)n[nH]c3=CC2)c1)C1CCCCC1. The van der Waals surface area contributed by atoms with Gasteiger partial charge < -0.3 is 16.0 Å². The molecule has 0 saturated heterocycles. The standard InChI is InChI=1S/C32H31FN6O/c33-23-12-9-19(10-13-23)25-7-4-8-28-29(25)37-31(36-28)30-26-16-21(11-14-27(26)38-39-30)22-15-24(18-34-17-22)35-32(40)20-5-2-1-3-6-20/h4,7-10,12-18,20-21,31,36-38H,1-3,5-6,11H2,(H,35,40). The number of amides is 1. The molecular weight excluding hydrogens is 503 g/mol. The molecule has 202 valence electrons. The number of carbonyl (C=O) groups is 1. The molecule has 3 aliphatic rings. The van der Waals surface area contributed by atoms with Crippen molar-refractivity contribution < 1.29 is 9.18 Å². The van der Waals surface area contributed by atoms with Gasteiger partial charge in [0.2, 0.25) is 5.91 Å². The van der Waals surface area contributed by atoms with Crippen LogP contribution < -0.4 is 26.5 Å². The van der Waals surface area contributed by atoms with Gasteiger partial charge >= 0.3 is 0 Å². The molecule has 2 aliphatic carbocycles. The van der Waals surface area contributed by atoms with Crippen LogP contribution in [0.5, 0.6) is 0 Å². The zero-order valence-electron chi connectivity index (χ0n) is 22.1. The Kier molecular flexibility index (Phi) is 6.30. The van der Waals surface area contributed by atoms with E-state index in [0.717, 1.165) is 82.1 Å². The number of fused-ring (bicyclic) bond motifs is 2. The number of benzene rings is 2. The van der Waals surface area contributed by atoms with E-state index in [9.17, 15) is 9.18 Å². The van der Waals surface area contributed by atoms with Gasteiger partial charge in [-0.05, 0) is 54.7 Å². The predicted octanol–water partition coefficient (Wildman–Crippen LogP) is 5.41. The lowest BCUT2D eigenvalue weighted by atomic mass is 9.88. The van der Waals surface area contributed by atoms with Crippen molar-refractivity contribution in [3.63, 3.8) is 0 Å². The molecule has 1 amide bonds. The second kappa shape index (κ2) is 10.3. The van der Waals surface area contributed by atoms with Crippen LogP contribution in [0.25, 0.3) is 23.3 Å². The van der Waals surface area contributed by atoms with Gasteiger partial charge in [0.1, 0.15) is 17.7 Å². The first-order valence-electron chi connectivity index (χ1n) is 14.1. The van der Waals surface area contributed by atoms with Crippen LogP contribution in [0.15, 0.2) is 60.9 Å². The maximum Gasteiger partial charge on any atom is 0.227 e. The Morgan fingerprint density at radius 1 is 1.00 bits per heavy atom. The van der Waals surface area contributed by atoms with Crippen LogP contribution in [0.3, 0.4) is 0 Å². The number of H-pyrrole nitrogens is 1. The van der Waals surface area contributed by atoms with Crippen molar-refractivity contribution in [2.45, 2.75) is 50.6 Å². The average molecular weight is 535 g/mol. The quantitative estimate of drug-likeness (QED) is 0.275. The lowest BCUT2D eigenvalue weighted by molar-refractivity contribution is -0.120. The first-order chi connectivity index (χ1) is 19.6. The van der Waals surface area contributed by atoms with Crippen LogP contribution in [0.1, 0.15) is 61.9 Å². The molecule has 2 atom stereocenters. The fourth-order valence-corrected chi connectivity index (χ4v) is 6.18. The number of carbonyl (C=O) groups excluding carboxylic acids is 1. The van der Waals surface area contributed by atoms with E-state index in [1.54, 1.807) is 18.3 Å². The van der Waals surface area contributed by atoms with E-state index >= 15 is 0 Å². The summed E-state index contributed by atoms with van der Waals surface area (Å²) in [5, 5.41) is 20.2. The molecule has 1 saturated carbocycles. The first kappa shape index (κ1) is 24.6. The van der Waals surface area contributed by atoms with Crippen molar-refractivity contribution in [1.82, 2.24) is 15.2 Å². The molecule has 2 aromatic carbocycles. The molecule has 40 heavy (non-hydrogen) atoms. The van der Waals surface area contributed by atoms with E-state index in [0.29, 0.717) is 0 Å². The van der Waals surface area contributed by atoms with Gasteiger partial charge in [0.05, 0.1) is 28.6 Å². The number of anilines is 3. The average Bonchev–Trinajstić information content (AvgIpc) is 3.62. The summed E-state index contributed by atoms with van der Waals surface area (Å²) in [5.41, 5.74) is 6.59. The Balaban J connectivity index is 1.14. The van der Waals surface area contributed by atoms with Crippen LogP contribution >= 0.6 is 0 Å². The van der Waals surface area contributed by atoms with E-state index in [1.165, 1.54) is 18.6 Å². The summed E-state index contributed by atoms with van der Waals surface area (Å²) in [4.78, 5) is 17.3. The predicted molar refractivity (Wildman–Crippen MR) is 155 cm³/mol. The third kappa shape index (κ3) is 4.63. The molecule has 7 rings (SSSR count). The monoisotopic (exact) mass is 534 g/mol. The van der Waals surface area contributed by atoms with E-state index in [-0.39, 0.29) is 29.7 Å². The topological polar surface area (TPSA) is 94.7 Å². The van der Waals surface area contributed by atoms with E-state index in [1.807, 2.05) is 30.5 Å². The second-order valence-corrected chi connectivity index (χ2v) is 10.9. The maximum atomic E-state index is 13.5. The lowest BCUT2D eigenvalue weighted by Gasteiger charge is -2.21. The minimum Gasteiger partial charge on any atom is -0.359 e. The highest BCUT2D eigenvalue weighted by Crippen LogP contribution is 2.41. The Morgan fingerprint density at radius 3 is 2.70 bits per heavy atom. The molecule has 8 heteroatoms. The number of rotatable bonds is 5.